The summed E-state index contributed by atoms with van der Waals surface area (Å²) < 4.78 is 21.8. The van der Waals surface area contributed by atoms with Gasteiger partial charge in [-0.05, 0) is 34.1 Å². The van der Waals surface area contributed by atoms with Gasteiger partial charge in [0.25, 0.3) is 0 Å². The first-order valence-corrected chi connectivity index (χ1v) is 11.9. The molecule has 0 unspecified atom stereocenters. The fourth-order valence-electron chi connectivity index (χ4n) is 3.01. The molecule has 1 fully saturated rings. The van der Waals surface area contributed by atoms with Crippen LogP contribution in [-0.2, 0) is 4.74 Å². The zero-order chi connectivity index (χ0) is 18.3. The van der Waals surface area contributed by atoms with Gasteiger partial charge in [-0.25, -0.2) is 13.9 Å². The van der Waals surface area contributed by atoms with E-state index in [2.05, 4.69) is 30.0 Å². The molecule has 8 heteroatoms. The molecule has 0 N–H and O–H groups in total. The molecule has 1 aliphatic rings. The van der Waals surface area contributed by atoms with Crippen LogP contribution in [0, 0.1) is 6.92 Å². The van der Waals surface area contributed by atoms with Crippen LogP contribution in [0.4, 0.5) is 9.18 Å². The van der Waals surface area contributed by atoms with E-state index in [-0.39, 0.29) is 12.6 Å². The molecule has 0 radical (unpaired) electrons. The number of hydrogen-bond donors (Lipinski definition) is 0. The topological polar surface area (TPSA) is 60.2 Å². The second-order valence-electron chi connectivity index (χ2n) is 8.52. The maximum atomic E-state index is 14.7. The van der Waals surface area contributed by atoms with Gasteiger partial charge in [-0.3, -0.25) is 0 Å². The van der Waals surface area contributed by atoms with E-state index in [0.717, 1.165) is 11.0 Å². The van der Waals surface area contributed by atoms with Gasteiger partial charge >= 0.3 is 6.09 Å². The summed E-state index contributed by atoms with van der Waals surface area (Å²) in [7, 11) is -1.60. The molecular weight excluding hydrogens is 327 g/mol. The number of nitrogens with zero attached hydrogens (tertiary/aromatic N) is 4. The van der Waals surface area contributed by atoms with Crippen molar-refractivity contribution in [2.45, 2.75) is 71.6 Å². The predicted molar refractivity (Wildman–Crippen MR) is 94.1 cm³/mol. The van der Waals surface area contributed by atoms with Crippen molar-refractivity contribution in [3.05, 3.63) is 5.69 Å². The Morgan fingerprint density at radius 2 is 1.96 bits per heavy atom. The molecule has 2 atom stereocenters. The molecule has 2 rings (SSSR count). The van der Waals surface area contributed by atoms with Crippen molar-refractivity contribution in [2.24, 2.45) is 0 Å². The number of alkyl halides is 1. The van der Waals surface area contributed by atoms with Crippen molar-refractivity contribution in [3.63, 3.8) is 0 Å². The zero-order valence-electron chi connectivity index (χ0n) is 15.8. The van der Waals surface area contributed by atoms with E-state index in [1.165, 1.54) is 4.90 Å². The van der Waals surface area contributed by atoms with Gasteiger partial charge in [-0.1, -0.05) is 24.9 Å². The lowest BCUT2D eigenvalue weighted by Crippen LogP contribution is -2.48. The molecular formula is C16H29FN4O2Si. The second kappa shape index (κ2) is 6.46. The number of amides is 1. The SMILES string of the molecule is Cc1c([Si](C)(C)C)nnn1[C@@H]1CCN(C(=O)OC(C)(C)C)C[C@H]1F. The summed E-state index contributed by atoms with van der Waals surface area (Å²) in [6, 6.07) is -0.374. The lowest BCUT2D eigenvalue weighted by molar-refractivity contribution is 0.00547. The zero-order valence-corrected chi connectivity index (χ0v) is 16.8. The van der Waals surface area contributed by atoms with E-state index in [1.54, 1.807) is 25.5 Å². The lowest BCUT2D eigenvalue weighted by atomic mass is 10.0. The molecule has 1 saturated heterocycles. The van der Waals surface area contributed by atoms with Crippen LogP contribution < -0.4 is 5.32 Å². The number of halogens is 1. The highest BCUT2D eigenvalue weighted by molar-refractivity contribution is 6.88. The number of rotatable bonds is 2. The first-order chi connectivity index (χ1) is 10.9. The molecule has 1 aliphatic heterocycles. The van der Waals surface area contributed by atoms with Crippen molar-refractivity contribution in [3.8, 4) is 0 Å². The minimum atomic E-state index is -1.60. The highest BCUT2D eigenvalue weighted by atomic mass is 28.3. The molecule has 0 spiro atoms. The van der Waals surface area contributed by atoms with E-state index in [9.17, 15) is 9.18 Å². The Morgan fingerprint density at radius 3 is 2.42 bits per heavy atom. The van der Waals surface area contributed by atoms with Crippen molar-refractivity contribution in [1.82, 2.24) is 19.9 Å². The van der Waals surface area contributed by atoms with E-state index in [4.69, 9.17) is 4.74 Å². The van der Waals surface area contributed by atoms with Crippen LogP contribution in [-0.4, -0.2) is 58.9 Å². The molecule has 136 valence electrons. The largest absolute Gasteiger partial charge is 0.444 e. The Kier molecular flexibility index (Phi) is 5.08. The van der Waals surface area contributed by atoms with Gasteiger partial charge in [0, 0.05) is 6.54 Å². The molecule has 0 aliphatic carbocycles. The third-order valence-corrected chi connectivity index (χ3v) is 5.99. The van der Waals surface area contributed by atoms with Crippen LogP contribution in [0.1, 0.15) is 38.9 Å². The molecule has 0 aromatic carbocycles. The number of piperidine rings is 1. The van der Waals surface area contributed by atoms with Gasteiger partial charge in [-0.15, -0.1) is 5.10 Å². The Balaban J connectivity index is 2.10. The van der Waals surface area contributed by atoms with E-state index < -0.39 is 25.9 Å². The van der Waals surface area contributed by atoms with Crippen LogP contribution >= 0.6 is 0 Å². The number of likely N-dealkylation sites (tertiary alicyclic amines) is 1. The molecule has 24 heavy (non-hydrogen) atoms. The van der Waals surface area contributed by atoms with Crippen LogP contribution in [0.3, 0.4) is 0 Å². The predicted octanol–water partition coefficient (Wildman–Crippen LogP) is 2.65. The quantitative estimate of drug-likeness (QED) is 0.765. The number of carbonyl (C=O) groups excluding carboxylic acids is 1. The fourth-order valence-corrected chi connectivity index (χ4v) is 4.55. The molecule has 0 saturated carbocycles. The Morgan fingerprint density at radius 1 is 1.33 bits per heavy atom. The third kappa shape index (κ3) is 4.14. The summed E-state index contributed by atoms with van der Waals surface area (Å²) in [5.74, 6) is 0. The standard InChI is InChI=1S/C16H29FN4O2Si/c1-11-14(24(5,6)7)18-19-21(11)13-8-9-20(10-12(13)17)15(22)23-16(2,3)4/h12-13H,8-10H2,1-7H3/t12-,13-/m1/s1. The first-order valence-electron chi connectivity index (χ1n) is 8.44. The summed E-state index contributed by atoms with van der Waals surface area (Å²) in [5, 5.41) is 9.53. The molecule has 1 aromatic heterocycles. The van der Waals surface area contributed by atoms with Gasteiger partial charge in [0.15, 0.2) is 0 Å². The van der Waals surface area contributed by atoms with Crippen LogP contribution in [0.25, 0.3) is 0 Å². The Hall–Kier alpha value is -1.44. The van der Waals surface area contributed by atoms with Crippen LogP contribution in [0.5, 0.6) is 0 Å². The summed E-state index contributed by atoms with van der Waals surface area (Å²) in [4.78, 5) is 13.6. The van der Waals surface area contributed by atoms with Gasteiger partial charge in [0.2, 0.25) is 0 Å². The molecule has 1 amide bonds. The fraction of sp³-hybridized carbons (Fsp3) is 0.812. The van der Waals surface area contributed by atoms with E-state index in [0.29, 0.717) is 13.0 Å². The Bertz CT molecular complexity index is 606. The normalized spacial score (nSPS) is 22.6. The maximum absolute atomic E-state index is 14.7. The first kappa shape index (κ1) is 18.9. The highest BCUT2D eigenvalue weighted by Gasteiger charge is 2.37. The number of hydrogen-bond acceptors (Lipinski definition) is 4. The molecule has 0 bridgehead atoms. The van der Waals surface area contributed by atoms with Crippen molar-refractivity contribution in [2.75, 3.05) is 13.1 Å². The number of aromatic nitrogens is 3. The monoisotopic (exact) mass is 356 g/mol. The molecule has 2 heterocycles. The lowest BCUT2D eigenvalue weighted by Gasteiger charge is -2.35. The summed E-state index contributed by atoms with van der Waals surface area (Å²) in [6.45, 7) is 14.5. The van der Waals surface area contributed by atoms with Gasteiger partial charge in [0.1, 0.15) is 19.8 Å². The molecule has 1 aromatic rings. The summed E-state index contributed by atoms with van der Waals surface area (Å²) in [6.07, 6.45) is -1.13. The average Bonchev–Trinajstić information content (AvgIpc) is 2.78. The summed E-state index contributed by atoms with van der Waals surface area (Å²) >= 11 is 0. The minimum Gasteiger partial charge on any atom is -0.444 e. The van der Waals surface area contributed by atoms with Crippen LogP contribution in [0.2, 0.25) is 19.6 Å². The third-order valence-electron chi connectivity index (χ3n) is 4.11. The Labute approximate surface area is 144 Å². The maximum Gasteiger partial charge on any atom is 0.410 e. The van der Waals surface area contributed by atoms with E-state index >= 15 is 0 Å². The van der Waals surface area contributed by atoms with Crippen molar-refractivity contribution in [1.29, 1.82) is 0 Å². The van der Waals surface area contributed by atoms with Crippen molar-refractivity contribution < 1.29 is 13.9 Å². The second-order valence-corrected chi connectivity index (χ2v) is 13.5. The minimum absolute atomic E-state index is 0.0289. The van der Waals surface area contributed by atoms with Crippen LogP contribution in [0.15, 0.2) is 0 Å². The smallest absolute Gasteiger partial charge is 0.410 e. The van der Waals surface area contributed by atoms with E-state index in [1.807, 2.05) is 6.92 Å². The highest BCUT2D eigenvalue weighted by Crippen LogP contribution is 2.27. The summed E-state index contributed by atoms with van der Waals surface area (Å²) in [5.41, 5.74) is 0.376. The van der Waals surface area contributed by atoms with Crippen molar-refractivity contribution >= 4 is 19.5 Å². The number of carbonyl (C=O) groups is 1. The molecule has 6 nitrogen and oxygen atoms in total. The van der Waals surface area contributed by atoms with Gasteiger partial charge in [-0.2, -0.15) is 0 Å². The van der Waals surface area contributed by atoms with Gasteiger partial charge in [0.05, 0.1) is 23.6 Å². The number of ether oxygens (including phenoxy) is 1. The van der Waals surface area contributed by atoms with Gasteiger partial charge < -0.3 is 9.64 Å². The average molecular weight is 357 g/mol.